The standard InChI is InChI=1S/C13H16Cl2N2O2/c1-8(18)9-4-5-17(7-9)13(19)16-10-2-3-11(14)12(15)6-10/h2-3,6,8-9,18H,4-5,7H2,1H3,(H,16,19). The number of carbonyl (C=O) groups excluding carboxylic acids is 1. The quantitative estimate of drug-likeness (QED) is 0.881. The van der Waals surface area contributed by atoms with Crippen LogP contribution in [-0.2, 0) is 0 Å². The zero-order chi connectivity index (χ0) is 14.0. The molecule has 1 saturated heterocycles. The van der Waals surface area contributed by atoms with Crippen LogP contribution < -0.4 is 5.32 Å². The van der Waals surface area contributed by atoms with Crippen molar-refractivity contribution in [3.05, 3.63) is 28.2 Å². The van der Waals surface area contributed by atoms with E-state index in [9.17, 15) is 9.90 Å². The Bertz CT molecular complexity index is 480. The number of rotatable bonds is 2. The number of nitrogens with one attached hydrogen (secondary N) is 1. The fourth-order valence-electron chi connectivity index (χ4n) is 2.14. The molecule has 0 bridgehead atoms. The molecule has 0 aliphatic carbocycles. The smallest absolute Gasteiger partial charge is 0.321 e. The normalized spacial score (nSPS) is 20.4. The first kappa shape index (κ1) is 14.4. The lowest BCUT2D eigenvalue weighted by Gasteiger charge is -2.18. The van der Waals surface area contributed by atoms with E-state index in [1.165, 1.54) is 0 Å². The molecule has 1 aromatic rings. The molecule has 0 radical (unpaired) electrons. The Hall–Kier alpha value is -0.970. The van der Waals surface area contributed by atoms with Crippen LogP contribution in [0.2, 0.25) is 10.0 Å². The average Bonchev–Trinajstić information content (AvgIpc) is 2.83. The van der Waals surface area contributed by atoms with Gasteiger partial charge >= 0.3 is 6.03 Å². The van der Waals surface area contributed by atoms with E-state index in [1.807, 2.05) is 0 Å². The zero-order valence-electron chi connectivity index (χ0n) is 10.6. The topological polar surface area (TPSA) is 52.6 Å². The van der Waals surface area contributed by atoms with Crippen LogP contribution in [0.5, 0.6) is 0 Å². The van der Waals surface area contributed by atoms with Crippen molar-refractivity contribution >= 4 is 34.9 Å². The molecule has 2 rings (SSSR count). The molecule has 1 aliphatic heterocycles. The van der Waals surface area contributed by atoms with Crippen LogP contribution in [0.1, 0.15) is 13.3 Å². The van der Waals surface area contributed by atoms with E-state index in [0.29, 0.717) is 28.8 Å². The maximum absolute atomic E-state index is 12.0. The van der Waals surface area contributed by atoms with Gasteiger partial charge in [-0.3, -0.25) is 0 Å². The number of carbonyl (C=O) groups is 1. The lowest BCUT2D eigenvalue weighted by atomic mass is 10.0. The van der Waals surface area contributed by atoms with Crippen LogP contribution in [0.3, 0.4) is 0 Å². The van der Waals surface area contributed by atoms with Gasteiger partial charge in [0.1, 0.15) is 0 Å². The summed E-state index contributed by atoms with van der Waals surface area (Å²) in [5.74, 6) is 0.152. The van der Waals surface area contributed by atoms with Crippen LogP contribution >= 0.6 is 23.2 Å². The predicted octanol–water partition coefficient (Wildman–Crippen LogP) is 3.23. The van der Waals surface area contributed by atoms with Gasteiger partial charge in [-0.25, -0.2) is 4.79 Å². The molecule has 0 saturated carbocycles. The second-order valence-electron chi connectivity index (χ2n) is 4.79. The molecule has 0 aromatic heterocycles. The van der Waals surface area contributed by atoms with Gasteiger partial charge in [0.25, 0.3) is 0 Å². The fourth-order valence-corrected chi connectivity index (χ4v) is 2.44. The minimum Gasteiger partial charge on any atom is -0.393 e. The van der Waals surface area contributed by atoms with Gasteiger partial charge in [0, 0.05) is 24.7 Å². The lowest BCUT2D eigenvalue weighted by molar-refractivity contribution is 0.130. The van der Waals surface area contributed by atoms with E-state index in [-0.39, 0.29) is 18.1 Å². The molecule has 19 heavy (non-hydrogen) atoms. The summed E-state index contributed by atoms with van der Waals surface area (Å²) in [5, 5.41) is 13.2. The maximum Gasteiger partial charge on any atom is 0.321 e. The van der Waals surface area contributed by atoms with Gasteiger partial charge in [0.05, 0.1) is 16.1 Å². The summed E-state index contributed by atoms with van der Waals surface area (Å²) in [5.41, 5.74) is 0.611. The summed E-state index contributed by atoms with van der Waals surface area (Å²) >= 11 is 11.7. The maximum atomic E-state index is 12.0. The van der Waals surface area contributed by atoms with E-state index in [0.717, 1.165) is 6.42 Å². The van der Waals surface area contributed by atoms with Crippen LogP contribution in [0.4, 0.5) is 10.5 Å². The monoisotopic (exact) mass is 302 g/mol. The van der Waals surface area contributed by atoms with Gasteiger partial charge in [-0.15, -0.1) is 0 Å². The van der Waals surface area contributed by atoms with Gasteiger partial charge in [-0.2, -0.15) is 0 Å². The number of nitrogens with zero attached hydrogens (tertiary/aromatic N) is 1. The number of halogens is 2. The molecule has 4 nitrogen and oxygen atoms in total. The second kappa shape index (κ2) is 5.99. The van der Waals surface area contributed by atoms with E-state index in [2.05, 4.69) is 5.32 Å². The average molecular weight is 303 g/mol. The van der Waals surface area contributed by atoms with E-state index < -0.39 is 0 Å². The van der Waals surface area contributed by atoms with Crippen molar-refractivity contribution in [2.24, 2.45) is 5.92 Å². The molecular formula is C13H16Cl2N2O2. The summed E-state index contributed by atoms with van der Waals surface area (Å²) in [7, 11) is 0. The first-order valence-electron chi connectivity index (χ1n) is 6.16. The number of benzene rings is 1. The number of hydrogen-bond acceptors (Lipinski definition) is 2. The van der Waals surface area contributed by atoms with Crippen molar-refractivity contribution in [3.8, 4) is 0 Å². The summed E-state index contributed by atoms with van der Waals surface area (Å²) < 4.78 is 0. The summed E-state index contributed by atoms with van der Waals surface area (Å²) in [6, 6.07) is 4.78. The summed E-state index contributed by atoms with van der Waals surface area (Å²) in [6.07, 6.45) is 0.440. The Morgan fingerprint density at radius 1 is 1.47 bits per heavy atom. The Labute approximate surface area is 122 Å². The van der Waals surface area contributed by atoms with Crippen molar-refractivity contribution in [1.82, 2.24) is 4.90 Å². The molecule has 1 aromatic carbocycles. The number of aliphatic hydroxyl groups is 1. The first-order valence-corrected chi connectivity index (χ1v) is 6.92. The molecule has 1 aliphatic rings. The molecule has 6 heteroatoms. The van der Waals surface area contributed by atoms with Gasteiger partial charge in [-0.1, -0.05) is 23.2 Å². The van der Waals surface area contributed by atoms with Gasteiger partial charge < -0.3 is 15.3 Å². The highest BCUT2D eigenvalue weighted by Crippen LogP contribution is 2.26. The highest BCUT2D eigenvalue weighted by molar-refractivity contribution is 6.42. The Kier molecular flexibility index (Phi) is 4.55. The first-order chi connectivity index (χ1) is 8.97. The number of likely N-dealkylation sites (tertiary alicyclic amines) is 1. The van der Waals surface area contributed by atoms with Gasteiger partial charge in [0.2, 0.25) is 0 Å². The minimum atomic E-state index is -0.386. The third kappa shape index (κ3) is 3.53. The minimum absolute atomic E-state index is 0.152. The Morgan fingerprint density at radius 3 is 2.79 bits per heavy atom. The van der Waals surface area contributed by atoms with Crippen molar-refractivity contribution in [3.63, 3.8) is 0 Å². The molecule has 2 atom stereocenters. The van der Waals surface area contributed by atoms with Crippen LogP contribution in [-0.4, -0.2) is 35.2 Å². The largest absolute Gasteiger partial charge is 0.393 e. The summed E-state index contributed by atoms with van der Waals surface area (Å²) in [4.78, 5) is 13.7. The van der Waals surface area contributed by atoms with Crippen molar-refractivity contribution < 1.29 is 9.90 Å². The molecular weight excluding hydrogens is 287 g/mol. The van der Waals surface area contributed by atoms with Crippen molar-refractivity contribution in [1.29, 1.82) is 0 Å². The third-order valence-electron chi connectivity index (χ3n) is 3.37. The number of hydrogen-bond donors (Lipinski definition) is 2. The molecule has 2 N–H and O–H groups in total. The molecule has 0 spiro atoms. The number of aliphatic hydroxyl groups excluding tert-OH is 1. The van der Waals surface area contributed by atoms with E-state index in [1.54, 1.807) is 30.0 Å². The van der Waals surface area contributed by atoms with Gasteiger partial charge in [0.15, 0.2) is 0 Å². The van der Waals surface area contributed by atoms with Crippen LogP contribution in [0.25, 0.3) is 0 Å². The van der Waals surface area contributed by atoms with Gasteiger partial charge in [-0.05, 0) is 31.5 Å². The van der Waals surface area contributed by atoms with Crippen LogP contribution in [0.15, 0.2) is 18.2 Å². The second-order valence-corrected chi connectivity index (χ2v) is 5.61. The number of urea groups is 1. The van der Waals surface area contributed by atoms with Crippen LogP contribution in [0, 0.1) is 5.92 Å². The highest BCUT2D eigenvalue weighted by atomic mass is 35.5. The highest BCUT2D eigenvalue weighted by Gasteiger charge is 2.29. The molecule has 1 heterocycles. The molecule has 2 amide bonds. The SMILES string of the molecule is CC(O)C1CCN(C(=O)Nc2ccc(Cl)c(Cl)c2)C1. The van der Waals surface area contributed by atoms with E-state index in [4.69, 9.17) is 23.2 Å². The predicted molar refractivity (Wildman–Crippen MR) is 76.8 cm³/mol. The Morgan fingerprint density at radius 2 is 2.21 bits per heavy atom. The third-order valence-corrected chi connectivity index (χ3v) is 4.10. The zero-order valence-corrected chi connectivity index (χ0v) is 12.1. The van der Waals surface area contributed by atoms with Crippen molar-refractivity contribution in [2.45, 2.75) is 19.4 Å². The number of anilines is 1. The molecule has 2 unspecified atom stereocenters. The fraction of sp³-hybridized carbons (Fsp3) is 0.462. The molecule has 104 valence electrons. The van der Waals surface area contributed by atoms with E-state index >= 15 is 0 Å². The summed E-state index contributed by atoms with van der Waals surface area (Å²) in [6.45, 7) is 2.98. The van der Waals surface area contributed by atoms with Crippen molar-refractivity contribution in [2.75, 3.05) is 18.4 Å². The number of amides is 2. The lowest BCUT2D eigenvalue weighted by Crippen LogP contribution is -2.34. The Balaban J connectivity index is 1.96. The molecule has 1 fully saturated rings.